The van der Waals surface area contributed by atoms with Gasteiger partial charge in [-0.05, 0) is 48.4 Å². The quantitative estimate of drug-likeness (QED) is 0.701. The number of carbonyl (C=O) groups is 2. The van der Waals surface area contributed by atoms with Gasteiger partial charge in [0.15, 0.2) is 0 Å². The van der Waals surface area contributed by atoms with Crippen LogP contribution in [-0.4, -0.2) is 40.5 Å². The highest BCUT2D eigenvalue weighted by atomic mass is 32.2. The minimum Gasteiger partial charge on any atom is -0.375 e. The second-order valence-electron chi connectivity index (χ2n) is 7.35. The molecule has 2 amide bonds. The second-order valence-corrected chi connectivity index (χ2v) is 9.03. The van der Waals surface area contributed by atoms with Crippen LogP contribution in [0.25, 0.3) is 0 Å². The Morgan fingerprint density at radius 1 is 1.10 bits per heavy atom. The molecule has 0 spiro atoms. The van der Waals surface area contributed by atoms with Gasteiger partial charge in [0.1, 0.15) is 6.61 Å². The number of hydrogen-bond donors (Lipinski definition) is 2. The summed E-state index contributed by atoms with van der Waals surface area (Å²) in [4.78, 5) is 25.6. The van der Waals surface area contributed by atoms with Crippen molar-refractivity contribution in [2.24, 2.45) is 5.92 Å². The van der Waals surface area contributed by atoms with Crippen LogP contribution in [0.2, 0.25) is 0 Å². The van der Waals surface area contributed by atoms with E-state index in [1.807, 2.05) is 6.07 Å². The number of nitrogens with one attached hydrogen (secondary N) is 2. The topological polar surface area (TPSA) is 105 Å². The summed E-state index contributed by atoms with van der Waals surface area (Å²) in [5, 5.41) is 2.72. The van der Waals surface area contributed by atoms with Gasteiger partial charge in [0.25, 0.3) is 15.9 Å². The third-order valence-corrected chi connectivity index (χ3v) is 6.16. The maximum atomic E-state index is 12.8. The fourth-order valence-electron chi connectivity index (χ4n) is 3.12. The summed E-state index contributed by atoms with van der Waals surface area (Å²) in [5.41, 5.74) is 2.55. The standard InChI is InChI=1S/C21H25N3O5S/c1-14(2)21(26)22-16-6-8-18(9-7-16)30(27,28)23-17-5-4-15-10-11-24(19(15)12-17)20(25)13-29-3/h4-9,12,14,23H,10-11,13H2,1-3H3,(H,22,26). The number of amides is 2. The minimum absolute atomic E-state index is 0.0326. The number of rotatable bonds is 7. The normalized spacial score (nSPS) is 13.3. The van der Waals surface area contributed by atoms with Crippen molar-refractivity contribution >= 4 is 38.9 Å². The van der Waals surface area contributed by atoms with Crippen LogP contribution in [0.5, 0.6) is 0 Å². The zero-order chi connectivity index (χ0) is 21.9. The molecular formula is C21H25N3O5S. The smallest absolute Gasteiger partial charge is 0.261 e. The summed E-state index contributed by atoms with van der Waals surface area (Å²) in [6.07, 6.45) is 0.710. The molecule has 0 fully saturated rings. The van der Waals surface area contributed by atoms with Gasteiger partial charge in [-0.15, -0.1) is 0 Å². The molecule has 160 valence electrons. The van der Waals surface area contributed by atoms with E-state index < -0.39 is 10.0 Å². The van der Waals surface area contributed by atoms with E-state index >= 15 is 0 Å². The number of methoxy groups -OCH3 is 1. The lowest BCUT2D eigenvalue weighted by Gasteiger charge is -2.18. The minimum atomic E-state index is -3.83. The molecule has 2 aromatic carbocycles. The van der Waals surface area contributed by atoms with Crippen molar-refractivity contribution < 1.29 is 22.7 Å². The highest BCUT2D eigenvalue weighted by Gasteiger charge is 2.25. The maximum absolute atomic E-state index is 12.8. The van der Waals surface area contributed by atoms with Crippen LogP contribution in [0.15, 0.2) is 47.4 Å². The molecule has 2 aromatic rings. The summed E-state index contributed by atoms with van der Waals surface area (Å²) >= 11 is 0. The molecule has 2 N–H and O–H groups in total. The molecule has 0 saturated heterocycles. The van der Waals surface area contributed by atoms with E-state index in [9.17, 15) is 18.0 Å². The zero-order valence-electron chi connectivity index (χ0n) is 17.1. The van der Waals surface area contributed by atoms with Crippen molar-refractivity contribution in [3.63, 3.8) is 0 Å². The molecule has 9 heteroatoms. The molecule has 1 heterocycles. The van der Waals surface area contributed by atoms with Gasteiger partial charge in [-0.25, -0.2) is 8.42 Å². The lowest BCUT2D eigenvalue weighted by atomic mass is 10.1. The number of ether oxygens (including phenoxy) is 1. The summed E-state index contributed by atoms with van der Waals surface area (Å²) in [6, 6.07) is 11.1. The van der Waals surface area contributed by atoms with Crippen molar-refractivity contribution in [3.05, 3.63) is 48.0 Å². The molecule has 0 unspecified atom stereocenters. The average Bonchev–Trinajstić information content (AvgIpc) is 3.11. The third-order valence-electron chi connectivity index (χ3n) is 4.76. The zero-order valence-corrected chi connectivity index (χ0v) is 18.0. The van der Waals surface area contributed by atoms with E-state index in [4.69, 9.17) is 4.74 Å². The first-order chi connectivity index (χ1) is 14.2. The Morgan fingerprint density at radius 3 is 2.40 bits per heavy atom. The number of benzene rings is 2. The van der Waals surface area contributed by atoms with Crippen LogP contribution in [0.4, 0.5) is 17.1 Å². The third kappa shape index (κ3) is 4.80. The van der Waals surface area contributed by atoms with E-state index in [2.05, 4.69) is 10.0 Å². The van der Waals surface area contributed by atoms with E-state index in [1.165, 1.54) is 19.2 Å². The largest absolute Gasteiger partial charge is 0.375 e. The van der Waals surface area contributed by atoms with Gasteiger partial charge in [-0.3, -0.25) is 14.3 Å². The van der Waals surface area contributed by atoms with Crippen LogP contribution in [0.3, 0.4) is 0 Å². The number of anilines is 3. The van der Waals surface area contributed by atoms with Gasteiger partial charge in [-0.1, -0.05) is 19.9 Å². The molecule has 1 aliphatic heterocycles. The average molecular weight is 432 g/mol. The van der Waals surface area contributed by atoms with Gasteiger partial charge in [0.2, 0.25) is 5.91 Å². The van der Waals surface area contributed by atoms with Gasteiger partial charge >= 0.3 is 0 Å². The first kappa shape index (κ1) is 21.8. The molecule has 3 rings (SSSR count). The van der Waals surface area contributed by atoms with Crippen molar-refractivity contribution in [1.82, 2.24) is 0 Å². The van der Waals surface area contributed by atoms with E-state index in [1.54, 1.807) is 43.0 Å². The highest BCUT2D eigenvalue weighted by molar-refractivity contribution is 7.92. The lowest BCUT2D eigenvalue weighted by Crippen LogP contribution is -2.32. The molecule has 0 aromatic heterocycles. The molecule has 0 radical (unpaired) electrons. The fourth-order valence-corrected chi connectivity index (χ4v) is 4.17. The van der Waals surface area contributed by atoms with Crippen molar-refractivity contribution in [2.45, 2.75) is 25.2 Å². The summed E-state index contributed by atoms with van der Waals surface area (Å²) < 4.78 is 33.0. The van der Waals surface area contributed by atoms with E-state index in [-0.39, 0.29) is 29.2 Å². The molecular weight excluding hydrogens is 406 g/mol. The molecule has 0 bridgehead atoms. The monoisotopic (exact) mass is 431 g/mol. The number of fused-ring (bicyclic) bond motifs is 1. The Kier molecular flexibility index (Phi) is 6.42. The SMILES string of the molecule is COCC(=O)N1CCc2ccc(NS(=O)(=O)c3ccc(NC(=O)C(C)C)cc3)cc21. The molecule has 30 heavy (non-hydrogen) atoms. The number of carbonyl (C=O) groups excluding carboxylic acids is 2. The fraction of sp³-hybridized carbons (Fsp3) is 0.333. The van der Waals surface area contributed by atoms with Gasteiger partial charge in [0, 0.05) is 30.9 Å². The Morgan fingerprint density at radius 2 is 1.77 bits per heavy atom. The van der Waals surface area contributed by atoms with Crippen LogP contribution in [-0.2, 0) is 30.8 Å². The summed E-state index contributed by atoms with van der Waals surface area (Å²) in [6.45, 7) is 4.06. The Bertz CT molecular complexity index is 1050. The number of sulfonamides is 1. The van der Waals surface area contributed by atoms with Crippen LogP contribution >= 0.6 is 0 Å². The Balaban J connectivity index is 1.77. The van der Waals surface area contributed by atoms with Gasteiger partial charge in [0.05, 0.1) is 10.6 Å². The molecule has 8 nitrogen and oxygen atoms in total. The van der Waals surface area contributed by atoms with Crippen molar-refractivity contribution in [1.29, 1.82) is 0 Å². The van der Waals surface area contributed by atoms with Gasteiger partial charge in [-0.2, -0.15) is 0 Å². The number of hydrogen-bond acceptors (Lipinski definition) is 5. The van der Waals surface area contributed by atoms with Crippen LogP contribution < -0.4 is 14.9 Å². The molecule has 1 aliphatic rings. The Hall–Kier alpha value is -2.91. The molecule has 0 atom stereocenters. The van der Waals surface area contributed by atoms with E-state index in [0.717, 1.165) is 5.56 Å². The first-order valence-electron chi connectivity index (χ1n) is 9.57. The molecule has 0 saturated carbocycles. The predicted molar refractivity (Wildman–Crippen MR) is 115 cm³/mol. The maximum Gasteiger partial charge on any atom is 0.261 e. The van der Waals surface area contributed by atoms with Crippen molar-refractivity contribution in [3.8, 4) is 0 Å². The first-order valence-corrected chi connectivity index (χ1v) is 11.1. The predicted octanol–water partition coefficient (Wildman–Crippen LogP) is 2.62. The summed E-state index contributed by atoms with van der Waals surface area (Å²) in [7, 11) is -2.37. The van der Waals surface area contributed by atoms with Crippen LogP contribution in [0.1, 0.15) is 19.4 Å². The lowest BCUT2D eigenvalue weighted by molar-refractivity contribution is -0.122. The number of nitrogens with zero attached hydrogens (tertiary/aromatic N) is 1. The summed E-state index contributed by atoms with van der Waals surface area (Å²) in [5.74, 6) is -0.491. The Labute approximate surface area is 176 Å². The van der Waals surface area contributed by atoms with Crippen molar-refractivity contribution in [2.75, 3.05) is 35.2 Å². The van der Waals surface area contributed by atoms with Crippen LogP contribution in [0, 0.1) is 5.92 Å². The highest BCUT2D eigenvalue weighted by Crippen LogP contribution is 2.32. The van der Waals surface area contributed by atoms with Gasteiger partial charge < -0.3 is 15.0 Å². The molecule has 0 aliphatic carbocycles. The van der Waals surface area contributed by atoms with E-state index in [0.29, 0.717) is 30.0 Å². The second kappa shape index (κ2) is 8.85.